The molecule has 112 valence electrons. The molecule has 1 aromatic carbocycles. The maximum Gasteiger partial charge on any atom is 0.345 e. The SMILES string of the molecule is COc1cc(Oc2ccc(C(=O)O)s2)cc(OC)c1OC. The summed E-state index contributed by atoms with van der Waals surface area (Å²) < 4.78 is 21.3. The van der Waals surface area contributed by atoms with Crippen molar-refractivity contribution < 1.29 is 28.8 Å². The first-order valence-electron chi connectivity index (χ1n) is 5.90. The largest absolute Gasteiger partial charge is 0.493 e. The summed E-state index contributed by atoms with van der Waals surface area (Å²) >= 11 is 1.04. The van der Waals surface area contributed by atoms with Crippen LogP contribution >= 0.6 is 11.3 Å². The van der Waals surface area contributed by atoms with Crippen molar-refractivity contribution in [1.29, 1.82) is 0 Å². The summed E-state index contributed by atoms with van der Waals surface area (Å²) in [4.78, 5) is 11.1. The van der Waals surface area contributed by atoms with Crippen LogP contribution in [0.1, 0.15) is 9.67 Å². The summed E-state index contributed by atoms with van der Waals surface area (Å²) in [5.41, 5.74) is 0. The minimum absolute atomic E-state index is 0.206. The Balaban J connectivity index is 2.32. The van der Waals surface area contributed by atoms with Gasteiger partial charge in [-0.15, -0.1) is 0 Å². The third-order valence-electron chi connectivity index (χ3n) is 2.65. The van der Waals surface area contributed by atoms with Crippen molar-refractivity contribution in [1.82, 2.24) is 0 Å². The molecule has 0 radical (unpaired) electrons. The van der Waals surface area contributed by atoms with Crippen molar-refractivity contribution in [2.75, 3.05) is 21.3 Å². The molecule has 1 aromatic heterocycles. The summed E-state index contributed by atoms with van der Waals surface area (Å²) in [6, 6.07) is 6.36. The predicted octanol–water partition coefficient (Wildman–Crippen LogP) is 3.26. The van der Waals surface area contributed by atoms with E-state index in [2.05, 4.69) is 0 Å². The van der Waals surface area contributed by atoms with Crippen molar-refractivity contribution in [3.05, 3.63) is 29.1 Å². The molecule has 0 saturated carbocycles. The fourth-order valence-corrected chi connectivity index (χ4v) is 2.44. The van der Waals surface area contributed by atoms with Gasteiger partial charge >= 0.3 is 5.97 Å². The van der Waals surface area contributed by atoms with Crippen LogP contribution in [0.5, 0.6) is 28.1 Å². The van der Waals surface area contributed by atoms with E-state index in [0.717, 1.165) is 11.3 Å². The molecule has 1 heterocycles. The minimum Gasteiger partial charge on any atom is -0.493 e. The molecule has 0 fully saturated rings. The van der Waals surface area contributed by atoms with E-state index < -0.39 is 5.97 Å². The minimum atomic E-state index is -0.986. The Morgan fingerprint density at radius 2 is 1.67 bits per heavy atom. The number of carboxylic acid groups (broad SMARTS) is 1. The summed E-state index contributed by atoms with van der Waals surface area (Å²) in [5, 5.41) is 9.36. The number of carboxylic acids is 1. The first kappa shape index (κ1) is 15.0. The zero-order valence-electron chi connectivity index (χ0n) is 11.7. The average molecular weight is 310 g/mol. The molecule has 0 aliphatic heterocycles. The Labute approximate surface area is 125 Å². The topological polar surface area (TPSA) is 74.2 Å². The van der Waals surface area contributed by atoms with Crippen LogP contribution in [-0.4, -0.2) is 32.4 Å². The molecule has 2 rings (SSSR count). The molecule has 2 aromatic rings. The van der Waals surface area contributed by atoms with Gasteiger partial charge in [0, 0.05) is 12.1 Å². The normalized spacial score (nSPS) is 10.0. The second kappa shape index (κ2) is 6.36. The summed E-state index contributed by atoms with van der Waals surface area (Å²) in [6.07, 6.45) is 0. The maximum atomic E-state index is 10.8. The van der Waals surface area contributed by atoms with Gasteiger partial charge < -0.3 is 24.1 Å². The molecule has 0 aliphatic carbocycles. The van der Waals surface area contributed by atoms with Crippen LogP contribution in [0.3, 0.4) is 0 Å². The lowest BCUT2D eigenvalue weighted by Gasteiger charge is -2.13. The lowest BCUT2D eigenvalue weighted by Crippen LogP contribution is -1.95. The molecular weight excluding hydrogens is 296 g/mol. The summed E-state index contributed by atoms with van der Waals surface area (Å²) in [7, 11) is 4.53. The number of ether oxygens (including phenoxy) is 4. The monoisotopic (exact) mass is 310 g/mol. The third kappa shape index (κ3) is 3.19. The van der Waals surface area contributed by atoms with Crippen LogP contribution in [0.4, 0.5) is 0 Å². The van der Waals surface area contributed by atoms with E-state index in [9.17, 15) is 4.79 Å². The molecular formula is C14H14O6S. The lowest BCUT2D eigenvalue weighted by molar-refractivity contribution is 0.0702. The second-order valence-corrected chi connectivity index (χ2v) is 4.93. The molecule has 21 heavy (non-hydrogen) atoms. The number of thiophene rings is 1. The molecule has 7 heteroatoms. The highest BCUT2D eigenvalue weighted by Crippen LogP contribution is 2.42. The number of aromatic carboxylic acids is 1. The fraction of sp³-hybridized carbons (Fsp3) is 0.214. The zero-order chi connectivity index (χ0) is 15.4. The smallest absolute Gasteiger partial charge is 0.345 e. The Hall–Kier alpha value is -2.41. The van der Waals surface area contributed by atoms with Crippen LogP contribution in [0.15, 0.2) is 24.3 Å². The van der Waals surface area contributed by atoms with Crippen LogP contribution in [0.25, 0.3) is 0 Å². The van der Waals surface area contributed by atoms with Crippen LogP contribution in [-0.2, 0) is 0 Å². The number of benzene rings is 1. The molecule has 1 N–H and O–H groups in total. The van der Waals surface area contributed by atoms with Crippen LogP contribution < -0.4 is 18.9 Å². The maximum absolute atomic E-state index is 10.8. The molecule has 0 amide bonds. The highest BCUT2D eigenvalue weighted by atomic mass is 32.1. The van der Waals surface area contributed by atoms with Crippen molar-refractivity contribution in [3.8, 4) is 28.1 Å². The van der Waals surface area contributed by atoms with Gasteiger partial charge in [-0.2, -0.15) is 0 Å². The van der Waals surface area contributed by atoms with Crippen LogP contribution in [0, 0.1) is 0 Å². The number of hydrogen-bond acceptors (Lipinski definition) is 6. The van der Waals surface area contributed by atoms with E-state index in [1.165, 1.54) is 27.4 Å². The Kier molecular flexibility index (Phi) is 4.54. The second-order valence-electron chi connectivity index (χ2n) is 3.89. The molecule has 0 atom stereocenters. The zero-order valence-corrected chi connectivity index (χ0v) is 12.5. The molecule has 0 unspecified atom stereocenters. The quantitative estimate of drug-likeness (QED) is 0.882. The van der Waals surface area contributed by atoms with Gasteiger partial charge in [-0.05, 0) is 12.1 Å². The van der Waals surface area contributed by atoms with Gasteiger partial charge in [0.2, 0.25) is 5.75 Å². The van der Waals surface area contributed by atoms with Gasteiger partial charge in [0.1, 0.15) is 10.6 Å². The van der Waals surface area contributed by atoms with Gasteiger partial charge in [0.25, 0.3) is 0 Å². The van der Waals surface area contributed by atoms with Crippen molar-refractivity contribution >= 4 is 17.3 Å². The first-order chi connectivity index (χ1) is 10.1. The molecule has 0 bridgehead atoms. The van der Waals surface area contributed by atoms with Crippen molar-refractivity contribution in [2.24, 2.45) is 0 Å². The first-order valence-corrected chi connectivity index (χ1v) is 6.71. The number of methoxy groups -OCH3 is 3. The summed E-state index contributed by atoms with van der Waals surface area (Å²) in [5.74, 6) is 0.858. The van der Waals surface area contributed by atoms with E-state index in [-0.39, 0.29) is 4.88 Å². The number of rotatable bonds is 6. The third-order valence-corrected chi connectivity index (χ3v) is 3.60. The van der Waals surface area contributed by atoms with Gasteiger partial charge in [0.05, 0.1) is 21.3 Å². The van der Waals surface area contributed by atoms with Crippen molar-refractivity contribution in [3.63, 3.8) is 0 Å². The van der Waals surface area contributed by atoms with E-state index in [0.29, 0.717) is 28.1 Å². The molecule has 0 aliphatic rings. The Bertz CT molecular complexity index is 624. The Morgan fingerprint density at radius 1 is 1.05 bits per heavy atom. The number of hydrogen-bond donors (Lipinski definition) is 1. The van der Waals surface area contributed by atoms with E-state index in [1.807, 2.05) is 0 Å². The summed E-state index contributed by atoms with van der Waals surface area (Å²) in [6.45, 7) is 0. The highest BCUT2D eigenvalue weighted by Gasteiger charge is 2.15. The fourth-order valence-electron chi connectivity index (χ4n) is 1.72. The van der Waals surface area contributed by atoms with Gasteiger partial charge in [-0.1, -0.05) is 11.3 Å². The van der Waals surface area contributed by atoms with E-state index in [4.69, 9.17) is 24.1 Å². The Morgan fingerprint density at radius 3 is 2.10 bits per heavy atom. The van der Waals surface area contributed by atoms with Gasteiger partial charge in [0.15, 0.2) is 16.6 Å². The molecule has 0 saturated heterocycles. The standard InChI is InChI=1S/C14H14O6S/c1-17-9-6-8(7-10(18-2)13(9)19-3)20-12-5-4-11(21-12)14(15)16/h4-7H,1-3H3,(H,15,16). The number of carbonyl (C=O) groups is 1. The molecule has 6 nitrogen and oxygen atoms in total. The van der Waals surface area contributed by atoms with E-state index in [1.54, 1.807) is 18.2 Å². The van der Waals surface area contributed by atoms with Gasteiger partial charge in [-0.25, -0.2) is 4.79 Å². The predicted molar refractivity (Wildman–Crippen MR) is 77.5 cm³/mol. The highest BCUT2D eigenvalue weighted by molar-refractivity contribution is 7.15. The average Bonchev–Trinajstić information content (AvgIpc) is 2.94. The van der Waals surface area contributed by atoms with Crippen LogP contribution in [0.2, 0.25) is 0 Å². The van der Waals surface area contributed by atoms with Crippen molar-refractivity contribution in [2.45, 2.75) is 0 Å². The lowest BCUT2D eigenvalue weighted by atomic mass is 10.2. The van der Waals surface area contributed by atoms with Gasteiger partial charge in [-0.3, -0.25) is 0 Å². The van der Waals surface area contributed by atoms with E-state index >= 15 is 0 Å². The molecule has 0 spiro atoms.